The van der Waals surface area contributed by atoms with E-state index in [1.54, 1.807) is 14.2 Å². The number of methoxy groups -OCH3 is 2. The van der Waals surface area contributed by atoms with E-state index in [9.17, 15) is 0 Å². The van der Waals surface area contributed by atoms with Crippen molar-refractivity contribution >= 4 is 0 Å². The van der Waals surface area contributed by atoms with Gasteiger partial charge in [0.15, 0.2) is 11.5 Å². The lowest BCUT2D eigenvalue weighted by molar-refractivity contribution is 0.0198. The van der Waals surface area contributed by atoms with Crippen LogP contribution in [0.5, 0.6) is 11.5 Å². The average Bonchev–Trinajstić information content (AvgIpc) is 2.48. The van der Waals surface area contributed by atoms with Crippen molar-refractivity contribution in [3.8, 4) is 11.5 Å². The summed E-state index contributed by atoms with van der Waals surface area (Å²) < 4.78 is 17.2. The summed E-state index contributed by atoms with van der Waals surface area (Å²) >= 11 is 0. The standard InChI is InChI=1S/C17H27NO3/c1-12(18)10-13-6-4-9-16(20-3)17(13)21-15-8-5-7-14(11-15)19-2/h4,6,9,12,14-15H,5,7-8,10-11,18H2,1-3H3. The highest BCUT2D eigenvalue weighted by Gasteiger charge is 2.25. The molecule has 0 spiro atoms. The first-order chi connectivity index (χ1) is 10.1. The van der Waals surface area contributed by atoms with Crippen molar-refractivity contribution in [2.75, 3.05) is 14.2 Å². The van der Waals surface area contributed by atoms with Gasteiger partial charge >= 0.3 is 0 Å². The molecule has 2 rings (SSSR count). The largest absolute Gasteiger partial charge is 0.493 e. The topological polar surface area (TPSA) is 53.7 Å². The van der Waals surface area contributed by atoms with Crippen molar-refractivity contribution in [3.63, 3.8) is 0 Å². The van der Waals surface area contributed by atoms with Crippen LogP contribution < -0.4 is 15.2 Å². The van der Waals surface area contributed by atoms with E-state index in [0.717, 1.165) is 49.2 Å². The number of hydrogen-bond acceptors (Lipinski definition) is 4. The zero-order valence-electron chi connectivity index (χ0n) is 13.3. The van der Waals surface area contributed by atoms with Crippen molar-refractivity contribution < 1.29 is 14.2 Å². The Morgan fingerprint density at radius 1 is 1.24 bits per heavy atom. The van der Waals surface area contributed by atoms with Gasteiger partial charge in [-0.2, -0.15) is 0 Å². The average molecular weight is 293 g/mol. The third-order valence-electron chi connectivity index (χ3n) is 4.02. The fraction of sp³-hybridized carbons (Fsp3) is 0.647. The molecule has 0 bridgehead atoms. The van der Waals surface area contributed by atoms with Gasteiger partial charge in [-0.3, -0.25) is 0 Å². The van der Waals surface area contributed by atoms with E-state index in [2.05, 4.69) is 6.07 Å². The van der Waals surface area contributed by atoms with Crippen molar-refractivity contribution in [2.24, 2.45) is 5.73 Å². The highest BCUT2D eigenvalue weighted by atomic mass is 16.5. The van der Waals surface area contributed by atoms with Crippen LogP contribution >= 0.6 is 0 Å². The van der Waals surface area contributed by atoms with Gasteiger partial charge in [-0.15, -0.1) is 0 Å². The van der Waals surface area contributed by atoms with E-state index < -0.39 is 0 Å². The Balaban J connectivity index is 2.16. The van der Waals surface area contributed by atoms with Gasteiger partial charge in [0.2, 0.25) is 0 Å². The Hall–Kier alpha value is -1.26. The maximum absolute atomic E-state index is 6.28. The summed E-state index contributed by atoms with van der Waals surface area (Å²) in [7, 11) is 3.45. The quantitative estimate of drug-likeness (QED) is 0.876. The molecule has 0 radical (unpaired) electrons. The SMILES string of the molecule is COc1cccc(CC(C)N)c1OC1CCCC(OC)C1. The zero-order chi connectivity index (χ0) is 15.2. The van der Waals surface area contributed by atoms with Gasteiger partial charge in [0.25, 0.3) is 0 Å². The number of ether oxygens (including phenoxy) is 3. The molecule has 0 aromatic heterocycles. The van der Waals surface area contributed by atoms with E-state index >= 15 is 0 Å². The van der Waals surface area contributed by atoms with Gasteiger partial charge in [-0.05, 0) is 44.2 Å². The first-order valence-corrected chi connectivity index (χ1v) is 7.75. The van der Waals surface area contributed by atoms with Crippen LogP contribution in [0.3, 0.4) is 0 Å². The second kappa shape index (κ2) is 7.66. The Kier molecular flexibility index (Phi) is 5.88. The molecule has 1 aromatic carbocycles. The minimum atomic E-state index is 0.0949. The van der Waals surface area contributed by atoms with Crippen LogP contribution in [0.15, 0.2) is 18.2 Å². The first-order valence-electron chi connectivity index (χ1n) is 7.75. The van der Waals surface area contributed by atoms with Crippen LogP contribution in [0.4, 0.5) is 0 Å². The lowest BCUT2D eigenvalue weighted by atomic mass is 9.94. The lowest BCUT2D eigenvalue weighted by Gasteiger charge is -2.30. The Bertz CT molecular complexity index is 448. The molecule has 1 aliphatic rings. The van der Waals surface area contributed by atoms with Gasteiger partial charge in [-0.1, -0.05) is 12.1 Å². The van der Waals surface area contributed by atoms with Crippen LogP contribution in [0.2, 0.25) is 0 Å². The van der Waals surface area contributed by atoms with Crippen LogP contribution in [-0.2, 0) is 11.2 Å². The number of benzene rings is 1. The molecule has 1 saturated carbocycles. The predicted octanol–water partition coefficient (Wildman–Crippen LogP) is 2.92. The monoisotopic (exact) mass is 293 g/mol. The van der Waals surface area contributed by atoms with Gasteiger partial charge < -0.3 is 19.9 Å². The fourth-order valence-corrected chi connectivity index (χ4v) is 2.95. The molecule has 4 nitrogen and oxygen atoms in total. The highest BCUT2D eigenvalue weighted by Crippen LogP contribution is 2.35. The Labute approximate surface area is 127 Å². The lowest BCUT2D eigenvalue weighted by Crippen LogP contribution is -2.30. The maximum atomic E-state index is 6.28. The number of nitrogens with two attached hydrogens (primary N) is 1. The molecule has 1 aliphatic carbocycles. The normalized spacial score (nSPS) is 23.6. The molecule has 1 aromatic rings. The van der Waals surface area contributed by atoms with Gasteiger partial charge in [-0.25, -0.2) is 0 Å². The van der Waals surface area contributed by atoms with E-state index in [-0.39, 0.29) is 12.1 Å². The minimum absolute atomic E-state index is 0.0949. The molecule has 0 heterocycles. The van der Waals surface area contributed by atoms with E-state index in [4.69, 9.17) is 19.9 Å². The summed E-state index contributed by atoms with van der Waals surface area (Å²) in [5.41, 5.74) is 7.06. The third-order valence-corrected chi connectivity index (χ3v) is 4.02. The molecule has 1 fully saturated rings. The molecule has 118 valence electrons. The van der Waals surface area contributed by atoms with Gasteiger partial charge in [0, 0.05) is 19.6 Å². The van der Waals surface area contributed by atoms with Crippen LogP contribution in [0, 0.1) is 0 Å². The third kappa shape index (κ3) is 4.35. The summed E-state index contributed by atoms with van der Waals surface area (Å²) in [5, 5.41) is 0. The summed E-state index contributed by atoms with van der Waals surface area (Å²) in [6, 6.07) is 6.09. The summed E-state index contributed by atoms with van der Waals surface area (Å²) in [4.78, 5) is 0. The van der Waals surface area contributed by atoms with Crippen LogP contribution in [0.25, 0.3) is 0 Å². The second-order valence-corrected chi connectivity index (χ2v) is 5.89. The van der Waals surface area contributed by atoms with Crippen molar-refractivity contribution in [1.29, 1.82) is 0 Å². The smallest absolute Gasteiger partial charge is 0.164 e. The van der Waals surface area contributed by atoms with Crippen molar-refractivity contribution in [3.05, 3.63) is 23.8 Å². The highest BCUT2D eigenvalue weighted by molar-refractivity contribution is 5.47. The summed E-state index contributed by atoms with van der Waals surface area (Å²) in [5.74, 6) is 1.63. The molecule has 21 heavy (non-hydrogen) atoms. The van der Waals surface area contributed by atoms with E-state index in [1.807, 2.05) is 19.1 Å². The molecule has 0 aliphatic heterocycles. The number of rotatable bonds is 6. The second-order valence-electron chi connectivity index (χ2n) is 5.89. The van der Waals surface area contributed by atoms with E-state index in [0.29, 0.717) is 6.10 Å². The van der Waals surface area contributed by atoms with Crippen LogP contribution in [0.1, 0.15) is 38.2 Å². The Morgan fingerprint density at radius 2 is 2.00 bits per heavy atom. The zero-order valence-corrected chi connectivity index (χ0v) is 13.3. The molecule has 0 amide bonds. The van der Waals surface area contributed by atoms with E-state index in [1.165, 1.54) is 0 Å². The summed E-state index contributed by atoms with van der Waals surface area (Å²) in [6.45, 7) is 2.00. The molecule has 2 N–H and O–H groups in total. The molecule has 4 heteroatoms. The predicted molar refractivity (Wildman–Crippen MR) is 84.0 cm³/mol. The number of para-hydroxylation sites is 1. The Morgan fingerprint density at radius 3 is 2.67 bits per heavy atom. The molecular formula is C17H27NO3. The van der Waals surface area contributed by atoms with Gasteiger partial charge in [0.1, 0.15) is 6.10 Å². The number of hydrogen-bond donors (Lipinski definition) is 1. The molecule has 3 atom stereocenters. The summed E-state index contributed by atoms with van der Waals surface area (Å²) in [6.07, 6.45) is 5.53. The molecule has 3 unspecified atom stereocenters. The fourth-order valence-electron chi connectivity index (χ4n) is 2.95. The first kappa shape index (κ1) is 16.1. The van der Waals surface area contributed by atoms with Crippen molar-refractivity contribution in [2.45, 2.75) is 57.3 Å². The van der Waals surface area contributed by atoms with Crippen molar-refractivity contribution in [1.82, 2.24) is 0 Å². The van der Waals surface area contributed by atoms with Crippen LogP contribution in [-0.4, -0.2) is 32.5 Å². The van der Waals surface area contributed by atoms with Gasteiger partial charge in [0.05, 0.1) is 13.2 Å². The minimum Gasteiger partial charge on any atom is -0.493 e. The molecular weight excluding hydrogens is 266 g/mol. The maximum Gasteiger partial charge on any atom is 0.164 e. The molecule has 0 saturated heterocycles.